The fourth-order valence-corrected chi connectivity index (χ4v) is 2.73. The van der Waals surface area contributed by atoms with Gasteiger partial charge in [-0.3, -0.25) is 4.90 Å². The lowest BCUT2D eigenvalue weighted by atomic mass is 9.87. The second-order valence-corrected chi connectivity index (χ2v) is 5.76. The summed E-state index contributed by atoms with van der Waals surface area (Å²) < 4.78 is 5.26. The van der Waals surface area contributed by atoms with Gasteiger partial charge >= 0.3 is 0 Å². The van der Waals surface area contributed by atoms with Gasteiger partial charge in [-0.15, -0.1) is 0 Å². The van der Waals surface area contributed by atoms with E-state index in [2.05, 4.69) is 32.6 Å². The molecular formula is C14H30N2O. The molecule has 3 heteroatoms. The fraction of sp³-hybridized carbons (Fsp3) is 1.00. The average Bonchev–Trinajstić information content (AvgIpc) is 3.12. The van der Waals surface area contributed by atoms with E-state index in [1.165, 1.54) is 12.8 Å². The molecule has 0 aromatic rings. The predicted molar refractivity (Wildman–Crippen MR) is 73.1 cm³/mol. The molecule has 1 saturated carbocycles. The molecule has 17 heavy (non-hydrogen) atoms. The molecule has 0 heterocycles. The molecule has 3 nitrogen and oxygen atoms in total. The van der Waals surface area contributed by atoms with Crippen molar-refractivity contribution in [1.29, 1.82) is 0 Å². The van der Waals surface area contributed by atoms with E-state index in [4.69, 9.17) is 10.5 Å². The van der Waals surface area contributed by atoms with Crippen LogP contribution < -0.4 is 5.73 Å². The van der Waals surface area contributed by atoms with Crippen LogP contribution in [-0.2, 0) is 4.74 Å². The topological polar surface area (TPSA) is 38.5 Å². The van der Waals surface area contributed by atoms with Gasteiger partial charge in [-0.25, -0.2) is 0 Å². The first-order valence-electron chi connectivity index (χ1n) is 6.98. The lowest BCUT2D eigenvalue weighted by molar-refractivity contribution is 0.0117. The number of nitrogens with zero attached hydrogens (tertiary/aromatic N) is 1. The van der Waals surface area contributed by atoms with Gasteiger partial charge in [0.2, 0.25) is 0 Å². The standard InChI is InChI=1S/C14H30N2O/c1-6-14(4,12(3)15)16(9-10-17-5)11(2)13-7-8-13/h11-13H,6-10,15H2,1-5H3. The maximum absolute atomic E-state index is 6.23. The third-order valence-electron chi connectivity index (χ3n) is 4.69. The van der Waals surface area contributed by atoms with E-state index < -0.39 is 0 Å². The van der Waals surface area contributed by atoms with Crippen molar-refractivity contribution >= 4 is 0 Å². The minimum absolute atomic E-state index is 0.0839. The highest BCUT2D eigenvalue weighted by Gasteiger charge is 2.41. The molecule has 0 bridgehead atoms. The van der Waals surface area contributed by atoms with E-state index in [1.54, 1.807) is 7.11 Å². The van der Waals surface area contributed by atoms with Crippen LogP contribution in [0.1, 0.15) is 47.0 Å². The number of ether oxygens (including phenoxy) is 1. The van der Waals surface area contributed by atoms with Gasteiger partial charge in [0.05, 0.1) is 6.61 Å². The van der Waals surface area contributed by atoms with Crippen LogP contribution in [-0.4, -0.2) is 42.8 Å². The molecule has 0 spiro atoms. The van der Waals surface area contributed by atoms with Crippen LogP contribution in [0.5, 0.6) is 0 Å². The van der Waals surface area contributed by atoms with Crippen LogP contribution in [0.25, 0.3) is 0 Å². The Balaban J connectivity index is 2.78. The molecule has 102 valence electrons. The van der Waals surface area contributed by atoms with Gasteiger partial charge in [0.1, 0.15) is 0 Å². The molecule has 1 fully saturated rings. The summed E-state index contributed by atoms with van der Waals surface area (Å²) in [6, 6.07) is 0.812. The van der Waals surface area contributed by atoms with Crippen molar-refractivity contribution in [1.82, 2.24) is 4.90 Å². The van der Waals surface area contributed by atoms with Crippen molar-refractivity contribution in [2.24, 2.45) is 11.7 Å². The smallest absolute Gasteiger partial charge is 0.0590 e. The van der Waals surface area contributed by atoms with Gasteiger partial charge in [-0.05, 0) is 46.0 Å². The number of methoxy groups -OCH3 is 1. The molecule has 0 aliphatic heterocycles. The summed E-state index contributed by atoms with van der Waals surface area (Å²) in [7, 11) is 1.77. The molecule has 3 unspecified atom stereocenters. The molecule has 0 amide bonds. The molecule has 3 atom stereocenters. The van der Waals surface area contributed by atoms with Gasteiger partial charge < -0.3 is 10.5 Å². The third-order valence-corrected chi connectivity index (χ3v) is 4.69. The Hall–Kier alpha value is -0.120. The maximum atomic E-state index is 6.23. The zero-order valence-corrected chi connectivity index (χ0v) is 12.2. The summed E-state index contributed by atoms with van der Waals surface area (Å²) in [5, 5.41) is 0. The first kappa shape index (κ1) is 14.9. The quantitative estimate of drug-likeness (QED) is 0.709. The van der Waals surface area contributed by atoms with Gasteiger partial charge in [0.15, 0.2) is 0 Å². The van der Waals surface area contributed by atoms with Crippen LogP contribution in [0.3, 0.4) is 0 Å². The van der Waals surface area contributed by atoms with Crippen LogP contribution >= 0.6 is 0 Å². The van der Waals surface area contributed by atoms with E-state index in [9.17, 15) is 0 Å². The van der Waals surface area contributed by atoms with Crippen molar-refractivity contribution in [3.05, 3.63) is 0 Å². The fourth-order valence-electron chi connectivity index (χ4n) is 2.73. The lowest BCUT2D eigenvalue weighted by Crippen LogP contribution is -2.60. The second-order valence-electron chi connectivity index (χ2n) is 5.76. The molecule has 0 radical (unpaired) electrons. The zero-order chi connectivity index (χ0) is 13.1. The minimum atomic E-state index is 0.0839. The molecular weight excluding hydrogens is 212 g/mol. The van der Waals surface area contributed by atoms with Crippen molar-refractivity contribution in [2.45, 2.75) is 64.6 Å². The van der Waals surface area contributed by atoms with Gasteiger partial charge in [0, 0.05) is 31.3 Å². The SMILES string of the molecule is CCC(C)(C(C)N)N(CCOC)C(C)C1CC1. The highest BCUT2D eigenvalue weighted by atomic mass is 16.5. The Kier molecular flexibility index (Phi) is 5.42. The minimum Gasteiger partial charge on any atom is -0.383 e. The van der Waals surface area contributed by atoms with Gasteiger partial charge in [0.25, 0.3) is 0 Å². The van der Waals surface area contributed by atoms with Crippen molar-refractivity contribution in [2.75, 3.05) is 20.3 Å². The molecule has 0 saturated heterocycles. The summed E-state index contributed by atoms with van der Waals surface area (Å²) >= 11 is 0. The van der Waals surface area contributed by atoms with E-state index in [0.717, 1.165) is 25.5 Å². The maximum Gasteiger partial charge on any atom is 0.0590 e. The Morgan fingerprint density at radius 2 is 2.00 bits per heavy atom. The zero-order valence-electron chi connectivity index (χ0n) is 12.2. The number of rotatable bonds is 8. The number of hydrogen-bond acceptors (Lipinski definition) is 3. The molecule has 1 rings (SSSR count). The Morgan fingerprint density at radius 1 is 1.41 bits per heavy atom. The van der Waals surface area contributed by atoms with Crippen LogP contribution in [0.4, 0.5) is 0 Å². The van der Waals surface area contributed by atoms with Crippen molar-refractivity contribution < 1.29 is 4.74 Å². The first-order valence-corrected chi connectivity index (χ1v) is 6.98. The number of hydrogen-bond donors (Lipinski definition) is 1. The summed E-state index contributed by atoms with van der Waals surface area (Å²) in [5.41, 5.74) is 6.31. The Morgan fingerprint density at radius 3 is 2.35 bits per heavy atom. The monoisotopic (exact) mass is 242 g/mol. The molecule has 1 aliphatic rings. The van der Waals surface area contributed by atoms with Gasteiger partial charge in [-0.2, -0.15) is 0 Å². The van der Waals surface area contributed by atoms with Crippen molar-refractivity contribution in [3.63, 3.8) is 0 Å². The molecule has 0 aromatic carbocycles. The Bertz CT molecular complexity index is 228. The number of nitrogens with two attached hydrogens (primary N) is 1. The van der Waals surface area contributed by atoms with E-state index in [0.29, 0.717) is 6.04 Å². The largest absolute Gasteiger partial charge is 0.383 e. The van der Waals surface area contributed by atoms with Crippen LogP contribution in [0.2, 0.25) is 0 Å². The third kappa shape index (κ3) is 3.43. The Labute approximate surface area is 107 Å². The van der Waals surface area contributed by atoms with Gasteiger partial charge in [-0.1, -0.05) is 6.92 Å². The highest BCUT2D eigenvalue weighted by Crippen LogP contribution is 2.38. The highest BCUT2D eigenvalue weighted by molar-refractivity contribution is 4.98. The van der Waals surface area contributed by atoms with Crippen LogP contribution in [0, 0.1) is 5.92 Å². The van der Waals surface area contributed by atoms with Crippen molar-refractivity contribution in [3.8, 4) is 0 Å². The molecule has 1 aliphatic carbocycles. The van der Waals surface area contributed by atoms with E-state index >= 15 is 0 Å². The lowest BCUT2D eigenvalue weighted by Gasteiger charge is -2.47. The van der Waals surface area contributed by atoms with Crippen LogP contribution in [0.15, 0.2) is 0 Å². The van der Waals surface area contributed by atoms with E-state index in [-0.39, 0.29) is 11.6 Å². The second kappa shape index (κ2) is 6.17. The average molecular weight is 242 g/mol. The normalized spacial score (nSPS) is 23.5. The first-order chi connectivity index (χ1) is 7.97. The molecule has 0 aromatic heterocycles. The molecule has 2 N–H and O–H groups in total. The summed E-state index contributed by atoms with van der Waals surface area (Å²) in [6.45, 7) is 10.8. The summed E-state index contributed by atoms with van der Waals surface area (Å²) in [4.78, 5) is 2.58. The van der Waals surface area contributed by atoms with E-state index in [1.807, 2.05) is 0 Å². The predicted octanol–water partition coefficient (Wildman–Crippen LogP) is 2.25. The summed E-state index contributed by atoms with van der Waals surface area (Å²) in [6.07, 6.45) is 3.85. The summed E-state index contributed by atoms with van der Waals surface area (Å²) in [5.74, 6) is 0.872.